The van der Waals surface area contributed by atoms with Crippen molar-refractivity contribution in [3.8, 4) is 11.5 Å². The Labute approximate surface area is 214 Å². The van der Waals surface area contributed by atoms with E-state index in [2.05, 4.69) is 15.0 Å². The van der Waals surface area contributed by atoms with E-state index in [1.54, 1.807) is 60.7 Å². The molecule has 1 N–H and O–H groups in total. The van der Waals surface area contributed by atoms with Crippen LogP contribution in [0.25, 0.3) is 6.08 Å². The van der Waals surface area contributed by atoms with E-state index in [4.69, 9.17) is 4.74 Å². The van der Waals surface area contributed by atoms with E-state index in [0.29, 0.717) is 17.0 Å². The molecule has 2 amide bonds. The summed E-state index contributed by atoms with van der Waals surface area (Å²) >= 11 is 0.974. The molecule has 0 aromatic heterocycles. The van der Waals surface area contributed by atoms with Gasteiger partial charge in [0.05, 0.1) is 24.2 Å². The third-order valence-electron chi connectivity index (χ3n) is 4.96. The van der Waals surface area contributed by atoms with Crippen LogP contribution in [0.15, 0.2) is 89.6 Å². The highest BCUT2D eigenvalue weighted by atomic mass is 32.2. The van der Waals surface area contributed by atoms with Gasteiger partial charge in [-0.3, -0.25) is 14.5 Å². The van der Waals surface area contributed by atoms with Gasteiger partial charge in [-0.05, 0) is 48.0 Å². The highest BCUT2D eigenvalue weighted by molar-refractivity contribution is 8.14. The second-order valence-electron chi connectivity index (χ2n) is 7.56. The molecule has 3 aromatic carbocycles. The van der Waals surface area contributed by atoms with E-state index >= 15 is 0 Å². The van der Waals surface area contributed by atoms with Crippen LogP contribution in [0.1, 0.15) is 5.56 Å². The number of amidine groups is 1. The second kappa shape index (κ2) is 11.2. The Morgan fingerprint density at radius 2 is 1.78 bits per heavy atom. The minimum Gasteiger partial charge on any atom is -0.497 e. The smallest absolute Gasteiger partial charge is 0.497 e. The topological polar surface area (TPSA) is 80.2 Å². The van der Waals surface area contributed by atoms with Gasteiger partial charge < -0.3 is 14.8 Å². The van der Waals surface area contributed by atoms with Gasteiger partial charge in [-0.25, -0.2) is 4.99 Å². The Balaban J connectivity index is 1.54. The Morgan fingerprint density at radius 1 is 1.05 bits per heavy atom. The largest absolute Gasteiger partial charge is 0.573 e. The Morgan fingerprint density at radius 3 is 2.51 bits per heavy atom. The minimum atomic E-state index is -4.91. The number of halogens is 3. The highest BCUT2D eigenvalue weighted by Gasteiger charge is 2.33. The van der Waals surface area contributed by atoms with Gasteiger partial charge in [-0.1, -0.05) is 54.2 Å². The Kier molecular flexibility index (Phi) is 7.83. The number of ether oxygens (including phenoxy) is 2. The number of rotatable bonds is 7. The van der Waals surface area contributed by atoms with Crippen molar-refractivity contribution in [3.63, 3.8) is 0 Å². The number of nitrogens with one attached hydrogen (secondary N) is 1. The van der Waals surface area contributed by atoms with Gasteiger partial charge in [0.2, 0.25) is 5.91 Å². The monoisotopic (exact) mass is 527 g/mol. The van der Waals surface area contributed by atoms with E-state index in [0.717, 1.165) is 17.8 Å². The highest BCUT2D eigenvalue weighted by Crippen LogP contribution is 2.32. The van der Waals surface area contributed by atoms with E-state index in [-0.39, 0.29) is 28.2 Å². The number of methoxy groups -OCH3 is 1. The molecule has 1 aliphatic heterocycles. The molecule has 0 saturated carbocycles. The fraction of sp³-hybridized carbons (Fsp3) is 0.115. The fourth-order valence-corrected chi connectivity index (χ4v) is 4.20. The first-order valence-corrected chi connectivity index (χ1v) is 11.8. The molecule has 1 heterocycles. The Hall–Kier alpha value is -4.25. The molecule has 0 spiro atoms. The molecule has 0 saturated heterocycles. The zero-order valence-corrected chi connectivity index (χ0v) is 20.2. The number of anilines is 2. The number of nitrogens with zero attached hydrogens (tertiary/aromatic N) is 2. The van der Waals surface area contributed by atoms with Crippen molar-refractivity contribution in [1.29, 1.82) is 0 Å². The molecule has 0 bridgehead atoms. The number of para-hydroxylation sites is 3. The first-order valence-electron chi connectivity index (χ1n) is 10.8. The molecule has 0 fully saturated rings. The lowest BCUT2D eigenvalue weighted by atomic mass is 10.2. The molecule has 0 unspecified atom stereocenters. The number of carbonyl (C=O) groups excluding carboxylic acids is 2. The quantitative estimate of drug-likeness (QED) is 0.398. The summed E-state index contributed by atoms with van der Waals surface area (Å²) in [4.78, 5) is 31.7. The SMILES string of the molecule is COc1cccc(/C=C2/N=C(SCC(=O)Nc3ccccc3OC(F)(F)F)N(c3ccccc3)C2=O)c1. The van der Waals surface area contributed by atoms with Crippen molar-refractivity contribution in [2.24, 2.45) is 4.99 Å². The predicted molar refractivity (Wildman–Crippen MR) is 137 cm³/mol. The van der Waals surface area contributed by atoms with Crippen LogP contribution in [0.5, 0.6) is 11.5 Å². The van der Waals surface area contributed by atoms with Crippen molar-refractivity contribution in [1.82, 2.24) is 0 Å². The summed E-state index contributed by atoms with van der Waals surface area (Å²) in [6, 6.07) is 21.1. The zero-order valence-electron chi connectivity index (χ0n) is 19.4. The van der Waals surface area contributed by atoms with E-state index in [1.165, 1.54) is 30.2 Å². The number of amides is 2. The summed E-state index contributed by atoms with van der Waals surface area (Å²) in [6.07, 6.45) is -3.30. The van der Waals surface area contributed by atoms with Gasteiger partial charge in [-0.15, -0.1) is 13.2 Å². The standard InChI is InChI=1S/C26H20F3N3O4S/c1-35-19-11-7-8-17(14-19)15-21-24(34)32(18-9-3-2-4-10-18)25(31-21)37-16-23(33)30-20-12-5-6-13-22(20)36-26(27,28)29/h2-15H,16H2,1H3,(H,30,33)/b21-15+. The first kappa shape index (κ1) is 25.8. The molecular formula is C26H20F3N3O4S. The number of thioether (sulfide) groups is 1. The molecule has 7 nitrogen and oxygen atoms in total. The van der Waals surface area contributed by atoms with Gasteiger partial charge in [0.1, 0.15) is 11.4 Å². The summed E-state index contributed by atoms with van der Waals surface area (Å²) in [5, 5.41) is 2.67. The summed E-state index contributed by atoms with van der Waals surface area (Å²) in [5.41, 5.74) is 1.28. The number of hydrogen-bond acceptors (Lipinski definition) is 6. The normalized spacial score (nSPS) is 14.5. The molecule has 0 radical (unpaired) electrons. The number of alkyl halides is 3. The average molecular weight is 528 g/mol. The first-order chi connectivity index (χ1) is 17.7. The molecule has 3 aromatic rings. The molecule has 11 heteroatoms. The molecule has 4 rings (SSSR count). The number of aliphatic imine (C=N–C) groups is 1. The third-order valence-corrected chi connectivity index (χ3v) is 5.90. The summed E-state index contributed by atoms with van der Waals surface area (Å²) in [5.74, 6) is -1.12. The zero-order chi connectivity index (χ0) is 26.4. The number of carbonyl (C=O) groups is 2. The maximum absolute atomic E-state index is 13.3. The molecular weight excluding hydrogens is 507 g/mol. The van der Waals surface area contributed by atoms with E-state index in [9.17, 15) is 22.8 Å². The van der Waals surface area contributed by atoms with Gasteiger partial charge in [-0.2, -0.15) is 0 Å². The molecule has 190 valence electrons. The van der Waals surface area contributed by atoms with Crippen LogP contribution in [0.4, 0.5) is 24.5 Å². The molecule has 0 atom stereocenters. The van der Waals surface area contributed by atoms with Gasteiger partial charge in [0, 0.05) is 0 Å². The van der Waals surface area contributed by atoms with Crippen LogP contribution in [0.3, 0.4) is 0 Å². The maximum Gasteiger partial charge on any atom is 0.573 e. The summed E-state index contributed by atoms with van der Waals surface area (Å²) < 4.78 is 47.2. The fourth-order valence-electron chi connectivity index (χ4n) is 3.39. The summed E-state index contributed by atoms with van der Waals surface area (Å²) in [6.45, 7) is 0. The van der Waals surface area contributed by atoms with Gasteiger partial charge in [0.15, 0.2) is 10.9 Å². The van der Waals surface area contributed by atoms with Crippen molar-refractivity contribution in [2.45, 2.75) is 6.36 Å². The van der Waals surface area contributed by atoms with E-state index < -0.39 is 18.0 Å². The van der Waals surface area contributed by atoms with Crippen molar-refractivity contribution >= 4 is 46.2 Å². The predicted octanol–water partition coefficient (Wildman–Crippen LogP) is 5.71. The van der Waals surface area contributed by atoms with Gasteiger partial charge >= 0.3 is 6.36 Å². The third kappa shape index (κ3) is 6.70. The van der Waals surface area contributed by atoms with Crippen LogP contribution in [-0.4, -0.2) is 36.2 Å². The number of benzene rings is 3. The lowest BCUT2D eigenvalue weighted by Gasteiger charge is -2.18. The van der Waals surface area contributed by atoms with Crippen LogP contribution in [0.2, 0.25) is 0 Å². The van der Waals surface area contributed by atoms with Crippen molar-refractivity contribution in [3.05, 3.63) is 90.1 Å². The van der Waals surface area contributed by atoms with Crippen LogP contribution in [-0.2, 0) is 9.59 Å². The van der Waals surface area contributed by atoms with Crippen LogP contribution < -0.4 is 19.7 Å². The summed E-state index contributed by atoms with van der Waals surface area (Å²) in [7, 11) is 1.54. The lowest BCUT2D eigenvalue weighted by Crippen LogP contribution is -2.31. The second-order valence-corrected chi connectivity index (χ2v) is 8.50. The minimum absolute atomic E-state index is 0.131. The molecule has 1 aliphatic rings. The molecule has 37 heavy (non-hydrogen) atoms. The van der Waals surface area contributed by atoms with Gasteiger partial charge in [0.25, 0.3) is 5.91 Å². The van der Waals surface area contributed by atoms with Crippen molar-refractivity contribution < 1.29 is 32.2 Å². The Bertz CT molecular complexity index is 1360. The number of hydrogen-bond donors (Lipinski definition) is 1. The van der Waals surface area contributed by atoms with Crippen molar-refractivity contribution in [2.75, 3.05) is 23.1 Å². The molecule has 0 aliphatic carbocycles. The average Bonchev–Trinajstić information content (AvgIpc) is 3.18. The van der Waals surface area contributed by atoms with E-state index in [1.807, 2.05) is 0 Å². The van der Waals surface area contributed by atoms with Crippen LogP contribution >= 0.6 is 11.8 Å². The van der Waals surface area contributed by atoms with Crippen LogP contribution in [0, 0.1) is 0 Å². The lowest BCUT2D eigenvalue weighted by molar-refractivity contribution is -0.274. The maximum atomic E-state index is 13.3.